The SMILES string of the molecule is CCNC(=NCCCCn1cnnc1)N1CCN(Cc2ccc(Cl)s2)CC1.I. The zero-order valence-corrected chi connectivity index (χ0v) is 20.2. The third kappa shape index (κ3) is 7.49. The second kappa shape index (κ2) is 12.6. The lowest BCUT2D eigenvalue weighted by molar-refractivity contribution is 0.173. The molecule has 0 atom stereocenters. The van der Waals surface area contributed by atoms with E-state index in [1.54, 1.807) is 24.0 Å². The van der Waals surface area contributed by atoms with Crippen LogP contribution in [0, 0.1) is 0 Å². The van der Waals surface area contributed by atoms with Crippen molar-refractivity contribution >= 4 is 52.9 Å². The molecular weight excluding hydrogens is 509 g/mol. The van der Waals surface area contributed by atoms with Crippen molar-refractivity contribution in [2.45, 2.75) is 32.9 Å². The third-order valence-corrected chi connectivity index (χ3v) is 5.78. The second-order valence-electron chi connectivity index (χ2n) is 6.61. The lowest BCUT2D eigenvalue weighted by atomic mass is 10.3. The van der Waals surface area contributed by atoms with Crippen molar-refractivity contribution in [3.05, 3.63) is 34.0 Å². The average molecular weight is 538 g/mol. The number of aryl methyl sites for hydroxylation is 1. The molecule has 2 aromatic rings. The van der Waals surface area contributed by atoms with Crippen molar-refractivity contribution in [1.29, 1.82) is 0 Å². The van der Waals surface area contributed by atoms with Gasteiger partial charge in [-0.15, -0.1) is 45.5 Å². The standard InChI is InChI=1S/C18H28ClN7S.HI/c1-2-20-18(21-7-3-4-8-25-14-22-23-15-25)26-11-9-24(10-12-26)13-16-5-6-17(19)27-16;/h5-6,14-15H,2-4,7-13H2,1H3,(H,20,21);1H. The van der Waals surface area contributed by atoms with Crippen LogP contribution in [0.15, 0.2) is 29.8 Å². The van der Waals surface area contributed by atoms with E-state index in [1.807, 2.05) is 10.6 Å². The van der Waals surface area contributed by atoms with Gasteiger partial charge in [-0.2, -0.15) is 0 Å². The van der Waals surface area contributed by atoms with Crippen molar-refractivity contribution in [2.24, 2.45) is 4.99 Å². The number of guanidine groups is 1. The van der Waals surface area contributed by atoms with Gasteiger partial charge in [0.05, 0.1) is 4.34 Å². The molecule has 0 saturated carbocycles. The Kier molecular flexibility index (Phi) is 10.5. The molecule has 1 fully saturated rings. The summed E-state index contributed by atoms with van der Waals surface area (Å²) in [6.45, 7) is 9.91. The first-order chi connectivity index (χ1) is 13.2. The highest BCUT2D eigenvalue weighted by Gasteiger charge is 2.19. The van der Waals surface area contributed by atoms with E-state index in [2.05, 4.69) is 38.3 Å². The lowest BCUT2D eigenvalue weighted by Crippen LogP contribution is -2.52. The maximum atomic E-state index is 6.04. The first-order valence-corrected chi connectivity index (χ1v) is 10.8. The largest absolute Gasteiger partial charge is 0.357 e. The number of halogens is 2. The Labute approximate surface area is 193 Å². The molecule has 28 heavy (non-hydrogen) atoms. The Hall–Kier alpha value is -0.910. The van der Waals surface area contributed by atoms with E-state index in [0.29, 0.717) is 0 Å². The summed E-state index contributed by atoms with van der Waals surface area (Å²) in [6.07, 6.45) is 5.66. The Morgan fingerprint density at radius 3 is 2.57 bits per heavy atom. The van der Waals surface area contributed by atoms with E-state index in [1.165, 1.54) is 4.88 Å². The topological polar surface area (TPSA) is 61.6 Å². The van der Waals surface area contributed by atoms with E-state index in [4.69, 9.17) is 16.6 Å². The van der Waals surface area contributed by atoms with Gasteiger partial charge in [0.15, 0.2) is 5.96 Å². The molecule has 156 valence electrons. The summed E-state index contributed by atoms with van der Waals surface area (Å²) in [4.78, 5) is 11.0. The summed E-state index contributed by atoms with van der Waals surface area (Å²) in [7, 11) is 0. The summed E-state index contributed by atoms with van der Waals surface area (Å²) in [5.74, 6) is 1.04. The van der Waals surface area contributed by atoms with Crippen LogP contribution in [-0.2, 0) is 13.1 Å². The highest BCUT2D eigenvalue weighted by atomic mass is 127. The maximum absolute atomic E-state index is 6.04. The number of hydrogen-bond acceptors (Lipinski definition) is 5. The van der Waals surface area contributed by atoms with E-state index >= 15 is 0 Å². The van der Waals surface area contributed by atoms with Crippen LogP contribution in [0.4, 0.5) is 0 Å². The van der Waals surface area contributed by atoms with E-state index in [9.17, 15) is 0 Å². The molecule has 10 heteroatoms. The fourth-order valence-electron chi connectivity index (χ4n) is 3.13. The second-order valence-corrected chi connectivity index (χ2v) is 8.41. The highest BCUT2D eigenvalue weighted by Crippen LogP contribution is 2.23. The van der Waals surface area contributed by atoms with Gasteiger partial charge in [-0.05, 0) is 31.9 Å². The van der Waals surface area contributed by atoms with Crippen LogP contribution in [0.2, 0.25) is 4.34 Å². The molecule has 1 saturated heterocycles. The number of aliphatic imine (C=N–C) groups is 1. The summed E-state index contributed by atoms with van der Waals surface area (Å²) >= 11 is 7.71. The minimum absolute atomic E-state index is 0. The van der Waals surface area contributed by atoms with Crippen LogP contribution in [0.25, 0.3) is 0 Å². The van der Waals surface area contributed by atoms with Gasteiger partial charge < -0.3 is 14.8 Å². The Bertz CT molecular complexity index is 699. The van der Waals surface area contributed by atoms with E-state index < -0.39 is 0 Å². The molecule has 1 aliphatic rings. The fourth-order valence-corrected chi connectivity index (χ4v) is 4.26. The molecule has 1 aliphatic heterocycles. The van der Waals surface area contributed by atoms with Crippen LogP contribution in [-0.4, -0.2) is 69.8 Å². The number of thiophene rings is 1. The van der Waals surface area contributed by atoms with Gasteiger partial charge in [-0.25, -0.2) is 0 Å². The van der Waals surface area contributed by atoms with Gasteiger partial charge in [-0.1, -0.05) is 11.6 Å². The summed E-state index contributed by atoms with van der Waals surface area (Å²) in [5.41, 5.74) is 0. The molecule has 0 bridgehead atoms. The minimum atomic E-state index is 0. The molecule has 0 aromatic carbocycles. The molecule has 2 aromatic heterocycles. The number of nitrogens with one attached hydrogen (secondary N) is 1. The van der Waals surface area contributed by atoms with Gasteiger partial charge in [0, 0.05) is 57.2 Å². The normalized spacial score (nSPS) is 15.5. The van der Waals surface area contributed by atoms with Gasteiger partial charge in [0.25, 0.3) is 0 Å². The van der Waals surface area contributed by atoms with E-state index in [-0.39, 0.29) is 24.0 Å². The van der Waals surface area contributed by atoms with Gasteiger partial charge in [-0.3, -0.25) is 9.89 Å². The summed E-state index contributed by atoms with van der Waals surface area (Å²) in [6, 6.07) is 4.11. The number of unbranched alkanes of at least 4 members (excludes halogenated alkanes) is 1. The third-order valence-electron chi connectivity index (χ3n) is 4.57. The molecule has 7 nitrogen and oxygen atoms in total. The Balaban J connectivity index is 0.00000280. The summed E-state index contributed by atoms with van der Waals surface area (Å²) < 4.78 is 2.88. The molecule has 0 radical (unpaired) electrons. The van der Waals surface area contributed by atoms with Crippen LogP contribution >= 0.6 is 46.9 Å². The number of aromatic nitrogens is 3. The first kappa shape index (κ1) is 23.4. The number of nitrogens with zero attached hydrogens (tertiary/aromatic N) is 6. The van der Waals surface area contributed by atoms with Crippen molar-refractivity contribution < 1.29 is 0 Å². The van der Waals surface area contributed by atoms with Crippen molar-refractivity contribution in [1.82, 2.24) is 29.9 Å². The summed E-state index contributed by atoms with van der Waals surface area (Å²) in [5, 5.41) is 11.1. The van der Waals surface area contributed by atoms with Crippen LogP contribution < -0.4 is 5.32 Å². The Morgan fingerprint density at radius 2 is 1.93 bits per heavy atom. The molecule has 0 spiro atoms. The van der Waals surface area contributed by atoms with Gasteiger partial charge in [0.1, 0.15) is 12.7 Å². The molecular formula is C18H29ClIN7S. The van der Waals surface area contributed by atoms with Crippen molar-refractivity contribution in [3.8, 4) is 0 Å². The van der Waals surface area contributed by atoms with Gasteiger partial charge in [0.2, 0.25) is 0 Å². The first-order valence-electron chi connectivity index (χ1n) is 9.57. The van der Waals surface area contributed by atoms with E-state index in [0.717, 1.165) is 75.5 Å². The molecule has 0 unspecified atom stereocenters. The quantitative estimate of drug-likeness (QED) is 0.243. The number of piperazine rings is 1. The fraction of sp³-hybridized carbons (Fsp3) is 0.611. The van der Waals surface area contributed by atoms with Crippen molar-refractivity contribution in [2.75, 3.05) is 39.3 Å². The number of hydrogen-bond donors (Lipinski definition) is 1. The zero-order chi connectivity index (χ0) is 18.9. The van der Waals surface area contributed by atoms with Gasteiger partial charge >= 0.3 is 0 Å². The predicted molar refractivity (Wildman–Crippen MR) is 127 cm³/mol. The van der Waals surface area contributed by atoms with Crippen LogP contribution in [0.3, 0.4) is 0 Å². The molecule has 3 heterocycles. The Morgan fingerprint density at radius 1 is 1.18 bits per heavy atom. The number of rotatable bonds is 8. The monoisotopic (exact) mass is 537 g/mol. The molecule has 3 rings (SSSR count). The predicted octanol–water partition coefficient (Wildman–Crippen LogP) is 3.17. The smallest absolute Gasteiger partial charge is 0.194 e. The molecule has 0 amide bonds. The minimum Gasteiger partial charge on any atom is -0.357 e. The molecule has 0 aliphatic carbocycles. The zero-order valence-electron chi connectivity index (χ0n) is 16.3. The highest BCUT2D eigenvalue weighted by molar-refractivity contribution is 14.0. The maximum Gasteiger partial charge on any atom is 0.194 e. The lowest BCUT2D eigenvalue weighted by Gasteiger charge is -2.36. The van der Waals surface area contributed by atoms with Crippen molar-refractivity contribution in [3.63, 3.8) is 0 Å². The van der Waals surface area contributed by atoms with Crippen LogP contribution in [0.5, 0.6) is 0 Å². The average Bonchev–Trinajstić information content (AvgIpc) is 3.33. The molecule has 1 N–H and O–H groups in total. The van der Waals surface area contributed by atoms with Crippen LogP contribution in [0.1, 0.15) is 24.6 Å².